The van der Waals surface area contributed by atoms with Gasteiger partial charge in [-0.3, -0.25) is 14.4 Å². The molecule has 0 amide bonds. The first-order valence-corrected chi connectivity index (χ1v) is 26.7. The lowest BCUT2D eigenvalue weighted by molar-refractivity contribution is -0.156. The molecule has 5 heteroatoms. The summed E-state index contributed by atoms with van der Waals surface area (Å²) in [7, 11) is 0. The Hall–Kier alpha value is -1.07. The molecular weight excluding hydrogens is 729 g/mol. The third kappa shape index (κ3) is 37.2. The van der Waals surface area contributed by atoms with Crippen molar-refractivity contribution in [2.24, 2.45) is 0 Å². The van der Waals surface area contributed by atoms with Gasteiger partial charge in [-0.15, -0.1) is 0 Å². The Labute approximate surface area is 368 Å². The number of ketones is 3. The summed E-state index contributed by atoms with van der Waals surface area (Å²) in [5, 5.41) is 22.8. The Kier molecular flexibility index (Phi) is 44.2. The molecule has 0 heterocycles. The van der Waals surface area contributed by atoms with Gasteiger partial charge in [-0.1, -0.05) is 271 Å². The zero-order valence-corrected chi connectivity index (χ0v) is 40.1. The summed E-state index contributed by atoms with van der Waals surface area (Å²) in [5.74, 6) is -1.46. The van der Waals surface area contributed by atoms with Crippen LogP contribution in [0.15, 0.2) is 0 Å². The Bertz CT molecular complexity index is 916. The molecule has 5 nitrogen and oxygen atoms in total. The standard InChI is InChI=1S/C54H103O5/c1-4-7-10-13-16-19-22-25-28-31-34-37-40-43-46-50(55)49-54(59,52(57)48-45-42-39-36-33-30-27-24-21-18-15-12-9-6-3)53(58)51(56)47-44-41-38-35-32-29-26-23-20-17-14-11-8-5-2/h49,53,58-59H,4-48H2,1-3H3. The van der Waals surface area contributed by atoms with Crippen LogP contribution in [0.25, 0.3) is 0 Å². The zero-order chi connectivity index (χ0) is 43.3. The Morgan fingerprint density at radius 2 is 0.576 bits per heavy atom. The van der Waals surface area contributed by atoms with Crippen molar-refractivity contribution in [3.8, 4) is 0 Å². The second-order valence-electron chi connectivity index (χ2n) is 18.8. The summed E-state index contributed by atoms with van der Waals surface area (Å²) >= 11 is 0. The molecule has 2 unspecified atom stereocenters. The van der Waals surface area contributed by atoms with Crippen LogP contribution in [0.2, 0.25) is 0 Å². The van der Waals surface area contributed by atoms with Crippen molar-refractivity contribution < 1.29 is 24.6 Å². The molecule has 0 rings (SSSR count). The van der Waals surface area contributed by atoms with Gasteiger partial charge in [0.05, 0.1) is 6.42 Å². The number of hydrogen-bond donors (Lipinski definition) is 2. The molecule has 0 aromatic carbocycles. The van der Waals surface area contributed by atoms with Gasteiger partial charge in [0.15, 0.2) is 17.2 Å². The minimum Gasteiger partial charge on any atom is -0.382 e. The highest BCUT2D eigenvalue weighted by Crippen LogP contribution is 2.25. The van der Waals surface area contributed by atoms with Gasteiger partial charge in [-0.2, -0.15) is 0 Å². The summed E-state index contributed by atoms with van der Waals surface area (Å²) in [5.41, 5.74) is -2.43. The lowest BCUT2D eigenvalue weighted by Gasteiger charge is -2.30. The molecule has 0 saturated carbocycles. The van der Waals surface area contributed by atoms with E-state index in [9.17, 15) is 24.6 Å². The number of unbranched alkanes of at least 4 members (excludes halogenated alkanes) is 39. The quantitative estimate of drug-likeness (QED) is 0.0596. The lowest BCUT2D eigenvalue weighted by atomic mass is 9.80. The Morgan fingerprint density at radius 1 is 0.356 bits per heavy atom. The van der Waals surface area contributed by atoms with E-state index in [1.54, 1.807) is 0 Å². The van der Waals surface area contributed by atoms with Gasteiger partial charge in [-0.05, 0) is 19.3 Å². The summed E-state index contributed by atoms with van der Waals surface area (Å²) in [6.07, 6.45) is 50.6. The summed E-state index contributed by atoms with van der Waals surface area (Å²) in [6.45, 7) is 6.78. The number of carbonyl (C=O) groups excluding carboxylic acids is 3. The lowest BCUT2D eigenvalue weighted by Crippen LogP contribution is -2.55. The topological polar surface area (TPSA) is 91.7 Å². The molecule has 0 spiro atoms. The molecule has 0 aliphatic heterocycles. The average Bonchev–Trinajstić information content (AvgIpc) is 3.23. The van der Waals surface area contributed by atoms with Gasteiger partial charge < -0.3 is 10.2 Å². The van der Waals surface area contributed by atoms with E-state index in [4.69, 9.17) is 0 Å². The van der Waals surface area contributed by atoms with Gasteiger partial charge in [0.1, 0.15) is 11.9 Å². The average molecular weight is 832 g/mol. The van der Waals surface area contributed by atoms with Crippen molar-refractivity contribution >= 4 is 17.3 Å². The molecule has 0 aromatic rings. The number of hydrogen-bond acceptors (Lipinski definition) is 5. The van der Waals surface area contributed by atoms with E-state index in [1.807, 2.05) is 0 Å². The van der Waals surface area contributed by atoms with Gasteiger partial charge in [0.25, 0.3) is 0 Å². The minimum absolute atomic E-state index is 0.0698. The van der Waals surface area contributed by atoms with Crippen molar-refractivity contribution in [3.63, 3.8) is 0 Å². The fourth-order valence-electron chi connectivity index (χ4n) is 8.68. The second-order valence-corrected chi connectivity index (χ2v) is 18.8. The number of rotatable bonds is 50. The van der Waals surface area contributed by atoms with Crippen LogP contribution in [0, 0.1) is 6.42 Å². The van der Waals surface area contributed by atoms with Crippen molar-refractivity contribution in [1.82, 2.24) is 0 Å². The van der Waals surface area contributed by atoms with Crippen molar-refractivity contribution in [3.05, 3.63) is 6.42 Å². The van der Waals surface area contributed by atoms with E-state index in [0.29, 0.717) is 19.3 Å². The van der Waals surface area contributed by atoms with E-state index in [-0.39, 0.29) is 25.0 Å². The maximum atomic E-state index is 13.5. The van der Waals surface area contributed by atoms with E-state index in [1.165, 1.54) is 199 Å². The summed E-state index contributed by atoms with van der Waals surface area (Å²) in [4.78, 5) is 39.8. The maximum absolute atomic E-state index is 13.5. The molecule has 59 heavy (non-hydrogen) atoms. The van der Waals surface area contributed by atoms with Gasteiger partial charge >= 0.3 is 0 Å². The molecule has 2 N–H and O–H groups in total. The number of Topliss-reactive ketones (excluding diaryl/α,β-unsaturated/α-hetero) is 3. The normalized spacial score (nSPS) is 13.2. The summed E-state index contributed by atoms with van der Waals surface area (Å²) < 4.78 is 0. The fourth-order valence-corrected chi connectivity index (χ4v) is 8.68. The second kappa shape index (κ2) is 45.0. The number of carbonyl (C=O) groups is 3. The molecular formula is C54H103O5. The van der Waals surface area contributed by atoms with E-state index < -0.39 is 23.3 Å². The van der Waals surface area contributed by atoms with Crippen LogP contribution in [0.4, 0.5) is 0 Å². The zero-order valence-electron chi connectivity index (χ0n) is 40.1. The van der Waals surface area contributed by atoms with Crippen LogP contribution in [-0.2, 0) is 14.4 Å². The van der Waals surface area contributed by atoms with E-state index in [2.05, 4.69) is 20.8 Å². The third-order valence-corrected chi connectivity index (χ3v) is 12.9. The van der Waals surface area contributed by atoms with Crippen molar-refractivity contribution in [2.45, 2.75) is 321 Å². The minimum atomic E-state index is -2.43. The first-order chi connectivity index (χ1) is 28.8. The van der Waals surface area contributed by atoms with Crippen LogP contribution in [0.3, 0.4) is 0 Å². The number of aliphatic hydroxyl groups excluding tert-OH is 1. The van der Waals surface area contributed by atoms with Crippen LogP contribution >= 0.6 is 0 Å². The highest BCUT2D eigenvalue weighted by molar-refractivity contribution is 6.03. The number of aliphatic hydroxyl groups is 2. The molecule has 0 aliphatic rings. The van der Waals surface area contributed by atoms with Crippen LogP contribution in [-0.4, -0.2) is 39.3 Å². The first-order valence-electron chi connectivity index (χ1n) is 26.7. The molecule has 0 bridgehead atoms. The maximum Gasteiger partial charge on any atom is 0.168 e. The Balaban J connectivity index is 4.61. The predicted octanol–water partition coefficient (Wildman–Crippen LogP) is 16.6. The smallest absolute Gasteiger partial charge is 0.168 e. The van der Waals surface area contributed by atoms with E-state index >= 15 is 0 Å². The molecule has 2 atom stereocenters. The largest absolute Gasteiger partial charge is 0.382 e. The summed E-state index contributed by atoms with van der Waals surface area (Å²) in [6, 6.07) is 0. The molecule has 0 aromatic heterocycles. The SMILES string of the molecule is CCCCCCCCCCCCCCCCC(=O)[CH]C(O)(C(=O)CCCCCCCCCCCCCCCC)C(O)C(=O)CCCCCCCCCCCCCCCC. The van der Waals surface area contributed by atoms with Gasteiger partial charge in [0, 0.05) is 19.3 Å². The first kappa shape index (κ1) is 57.9. The van der Waals surface area contributed by atoms with Gasteiger partial charge in [0.2, 0.25) is 0 Å². The molecule has 0 aliphatic carbocycles. The molecule has 1 radical (unpaired) electrons. The van der Waals surface area contributed by atoms with Crippen molar-refractivity contribution in [2.75, 3.05) is 0 Å². The van der Waals surface area contributed by atoms with Crippen LogP contribution < -0.4 is 0 Å². The Morgan fingerprint density at radius 3 is 0.847 bits per heavy atom. The predicted molar refractivity (Wildman–Crippen MR) is 255 cm³/mol. The van der Waals surface area contributed by atoms with E-state index in [0.717, 1.165) is 57.8 Å². The highest BCUT2D eigenvalue weighted by atomic mass is 16.4. The van der Waals surface area contributed by atoms with Crippen LogP contribution in [0.5, 0.6) is 0 Å². The van der Waals surface area contributed by atoms with Gasteiger partial charge in [-0.25, -0.2) is 0 Å². The highest BCUT2D eigenvalue weighted by Gasteiger charge is 2.47. The molecule has 0 saturated heterocycles. The molecule has 0 fully saturated rings. The van der Waals surface area contributed by atoms with Crippen molar-refractivity contribution in [1.29, 1.82) is 0 Å². The fraction of sp³-hybridized carbons (Fsp3) is 0.926. The third-order valence-electron chi connectivity index (χ3n) is 12.9. The molecule has 349 valence electrons. The monoisotopic (exact) mass is 832 g/mol. The van der Waals surface area contributed by atoms with Crippen LogP contribution in [0.1, 0.15) is 310 Å².